The highest BCUT2D eigenvalue weighted by Crippen LogP contribution is 2.19. The average Bonchev–Trinajstić information content (AvgIpc) is 2.04. The van der Waals surface area contributed by atoms with Gasteiger partial charge in [-0.2, -0.15) is 5.26 Å². The molecule has 12 heavy (non-hydrogen) atoms. The molecule has 0 amide bonds. The molecule has 2 unspecified atom stereocenters. The molecule has 3 heteroatoms. The summed E-state index contributed by atoms with van der Waals surface area (Å²) in [6, 6.07) is 2.35. The predicted octanol–water partition coefficient (Wildman–Crippen LogP) is 0.297. The monoisotopic (exact) mass is 167 g/mol. The van der Waals surface area contributed by atoms with Crippen molar-refractivity contribution < 1.29 is 0 Å². The molecule has 1 aliphatic rings. The number of rotatable bonds is 2. The van der Waals surface area contributed by atoms with Gasteiger partial charge in [-0.1, -0.05) is 0 Å². The van der Waals surface area contributed by atoms with E-state index in [4.69, 9.17) is 5.26 Å². The molecule has 2 atom stereocenters. The van der Waals surface area contributed by atoms with Gasteiger partial charge in [-0.3, -0.25) is 0 Å². The second-order valence-electron chi connectivity index (χ2n) is 3.71. The van der Waals surface area contributed by atoms with Gasteiger partial charge in [0, 0.05) is 13.1 Å². The topological polar surface area (TPSA) is 39.1 Å². The van der Waals surface area contributed by atoms with Crippen LogP contribution in [0.5, 0.6) is 0 Å². The van der Waals surface area contributed by atoms with Crippen LogP contribution < -0.4 is 5.32 Å². The zero-order valence-corrected chi connectivity index (χ0v) is 7.88. The Bertz CT molecular complexity index is 173. The number of hydrogen-bond acceptors (Lipinski definition) is 3. The second kappa shape index (κ2) is 4.44. The van der Waals surface area contributed by atoms with E-state index in [-0.39, 0.29) is 5.92 Å². The summed E-state index contributed by atoms with van der Waals surface area (Å²) < 4.78 is 0. The first-order valence-electron chi connectivity index (χ1n) is 4.49. The number of piperidine rings is 1. The van der Waals surface area contributed by atoms with E-state index in [0.717, 1.165) is 26.1 Å². The van der Waals surface area contributed by atoms with Gasteiger partial charge in [-0.05, 0) is 33.0 Å². The molecule has 1 saturated heterocycles. The Kier molecular flexibility index (Phi) is 3.51. The van der Waals surface area contributed by atoms with Crippen molar-refractivity contribution >= 4 is 0 Å². The largest absolute Gasteiger partial charge is 0.319 e. The minimum Gasteiger partial charge on any atom is -0.319 e. The van der Waals surface area contributed by atoms with Gasteiger partial charge in [0.05, 0.1) is 12.0 Å². The lowest BCUT2D eigenvalue weighted by molar-refractivity contribution is 0.177. The zero-order valence-electron chi connectivity index (χ0n) is 7.88. The molecule has 0 aromatic carbocycles. The molecule has 1 aliphatic heterocycles. The van der Waals surface area contributed by atoms with Gasteiger partial charge in [-0.25, -0.2) is 0 Å². The third kappa shape index (κ3) is 2.47. The van der Waals surface area contributed by atoms with Crippen LogP contribution in [-0.2, 0) is 0 Å². The molecule has 1 fully saturated rings. The number of likely N-dealkylation sites (tertiary alicyclic amines) is 1. The molecule has 0 radical (unpaired) electrons. The molecule has 0 bridgehead atoms. The van der Waals surface area contributed by atoms with Gasteiger partial charge < -0.3 is 10.2 Å². The van der Waals surface area contributed by atoms with E-state index in [9.17, 15) is 0 Å². The second-order valence-corrected chi connectivity index (χ2v) is 3.71. The van der Waals surface area contributed by atoms with Crippen molar-refractivity contribution in [2.75, 3.05) is 33.7 Å². The first kappa shape index (κ1) is 9.50. The molecule has 68 valence electrons. The molecule has 0 aromatic heterocycles. The van der Waals surface area contributed by atoms with Crippen molar-refractivity contribution in [3.63, 3.8) is 0 Å². The van der Waals surface area contributed by atoms with Crippen molar-refractivity contribution in [2.24, 2.45) is 11.8 Å². The summed E-state index contributed by atoms with van der Waals surface area (Å²) in [5, 5.41) is 12.0. The smallest absolute Gasteiger partial charge is 0.0669 e. The molecule has 1 N–H and O–H groups in total. The highest BCUT2D eigenvalue weighted by atomic mass is 15.1. The van der Waals surface area contributed by atoms with Gasteiger partial charge in [0.15, 0.2) is 0 Å². The highest BCUT2D eigenvalue weighted by Gasteiger charge is 2.24. The van der Waals surface area contributed by atoms with Crippen LogP contribution in [0.25, 0.3) is 0 Å². The Morgan fingerprint density at radius 3 is 2.92 bits per heavy atom. The van der Waals surface area contributed by atoms with Crippen LogP contribution >= 0.6 is 0 Å². The van der Waals surface area contributed by atoms with Gasteiger partial charge >= 0.3 is 0 Å². The quantitative estimate of drug-likeness (QED) is 0.643. The predicted molar refractivity (Wildman–Crippen MR) is 48.6 cm³/mol. The fraction of sp³-hybridized carbons (Fsp3) is 0.889. The molecule has 0 aliphatic carbocycles. The maximum atomic E-state index is 8.80. The summed E-state index contributed by atoms with van der Waals surface area (Å²) in [5.74, 6) is 0.889. The van der Waals surface area contributed by atoms with E-state index >= 15 is 0 Å². The lowest BCUT2D eigenvalue weighted by atomic mass is 9.90. The van der Waals surface area contributed by atoms with Crippen molar-refractivity contribution in [3.8, 4) is 6.07 Å². The van der Waals surface area contributed by atoms with Crippen LogP contribution in [0.2, 0.25) is 0 Å². The van der Waals surface area contributed by atoms with E-state index in [1.165, 1.54) is 0 Å². The fourth-order valence-electron chi connectivity index (χ4n) is 1.97. The van der Waals surface area contributed by atoms with Crippen LogP contribution in [-0.4, -0.2) is 38.6 Å². The van der Waals surface area contributed by atoms with Gasteiger partial charge in [0.1, 0.15) is 0 Å². The van der Waals surface area contributed by atoms with Gasteiger partial charge in [0.2, 0.25) is 0 Å². The van der Waals surface area contributed by atoms with Gasteiger partial charge in [-0.15, -0.1) is 0 Å². The standard InChI is InChI=1S/C9H17N3/c1-11-5-9-3-8(4-10)6-12(2)7-9/h8-9,11H,3,5-7H2,1-2H3. The van der Waals surface area contributed by atoms with E-state index < -0.39 is 0 Å². The normalized spacial score (nSPS) is 31.4. The number of nitrogens with zero attached hydrogens (tertiary/aromatic N) is 2. The van der Waals surface area contributed by atoms with Gasteiger partial charge in [0.25, 0.3) is 0 Å². The minimum absolute atomic E-state index is 0.238. The van der Waals surface area contributed by atoms with E-state index in [0.29, 0.717) is 5.92 Å². The number of nitrogens with one attached hydrogen (secondary N) is 1. The Morgan fingerprint density at radius 1 is 1.58 bits per heavy atom. The summed E-state index contributed by atoms with van der Waals surface area (Å²) in [7, 11) is 4.06. The Balaban J connectivity index is 2.41. The summed E-state index contributed by atoms with van der Waals surface area (Å²) in [4.78, 5) is 2.25. The first-order valence-corrected chi connectivity index (χ1v) is 4.49. The number of nitriles is 1. The Morgan fingerprint density at radius 2 is 2.33 bits per heavy atom. The maximum Gasteiger partial charge on any atom is 0.0669 e. The highest BCUT2D eigenvalue weighted by molar-refractivity contribution is 4.90. The Labute approximate surface area is 74.4 Å². The lowest BCUT2D eigenvalue weighted by Crippen LogP contribution is -2.40. The molecule has 1 rings (SSSR count). The number of hydrogen-bond donors (Lipinski definition) is 1. The Hall–Kier alpha value is -0.590. The molecular weight excluding hydrogens is 150 g/mol. The third-order valence-electron chi connectivity index (χ3n) is 2.40. The summed E-state index contributed by atoms with van der Waals surface area (Å²) >= 11 is 0. The van der Waals surface area contributed by atoms with Crippen molar-refractivity contribution in [3.05, 3.63) is 0 Å². The summed E-state index contributed by atoms with van der Waals surface area (Å²) in [5.41, 5.74) is 0. The minimum atomic E-state index is 0.238. The third-order valence-corrected chi connectivity index (χ3v) is 2.40. The molecular formula is C9H17N3. The maximum absolute atomic E-state index is 8.80. The molecule has 3 nitrogen and oxygen atoms in total. The van der Waals surface area contributed by atoms with E-state index in [2.05, 4.69) is 23.3 Å². The molecule has 0 aromatic rings. The van der Waals surface area contributed by atoms with Crippen LogP contribution in [0.15, 0.2) is 0 Å². The molecule has 1 heterocycles. The van der Waals surface area contributed by atoms with Crippen LogP contribution in [0.4, 0.5) is 0 Å². The van der Waals surface area contributed by atoms with Crippen molar-refractivity contribution in [1.82, 2.24) is 10.2 Å². The summed E-state index contributed by atoms with van der Waals surface area (Å²) in [6.07, 6.45) is 1.06. The van der Waals surface area contributed by atoms with E-state index in [1.807, 2.05) is 7.05 Å². The van der Waals surface area contributed by atoms with Crippen molar-refractivity contribution in [1.29, 1.82) is 5.26 Å². The molecule has 0 saturated carbocycles. The van der Waals surface area contributed by atoms with Crippen LogP contribution in [0, 0.1) is 23.2 Å². The lowest BCUT2D eigenvalue weighted by Gasteiger charge is -2.32. The first-order chi connectivity index (χ1) is 5.76. The fourth-order valence-corrected chi connectivity index (χ4v) is 1.97. The SMILES string of the molecule is CNCC1CC(C#N)CN(C)C1. The molecule has 0 spiro atoms. The van der Waals surface area contributed by atoms with Crippen LogP contribution in [0.1, 0.15) is 6.42 Å². The van der Waals surface area contributed by atoms with Crippen LogP contribution in [0.3, 0.4) is 0 Å². The van der Waals surface area contributed by atoms with Crippen molar-refractivity contribution in [2.45, 2.75) is 6.42 Å². The van der Waals surface area contributed by atoms with E-state index in [1.54, 1.807) is 0 Å². The summed E-state index contributed by atoms with van der Waals surface area (Å²) in [6.45, 7) is 3.10. The average molecular weight is 167 g/mol. The zero-order chi connectivity index (χ0) is 8.97.